The Morgan fingerprint density at radius 3 is 1.76 bits per heavy atom. The predicted molar refractivity (Wildman–Crippen MR) is 152 cm³/mol. The van der Waals surface area contributed by atoms with Crippen molar-refractivity contribution in [3.63, 3.8) is 0 Å². The maximum atomic E-state index is 7.33. The molecule has 0 aliphatic heterocycles. The van der Waals surface area contributed by atoms with Gasteiger partial charge in [-0.3, -0.25) is 0 Å². The quantitative estimate of drug-likeness (QED) is 0.186. The minimum absolute atomic E-state index is 0.399. The Kier molecular flexibility index (Phi) is 6.01. The van der Waals surface area contributed by atoms with E-state index >= 15 is 0 Å². The summed E-state index contributed by atoms with van der Waals surface area (Å²) in [6, 6.07) is 42.0. The van der Waals surface area contributed by atoms with Gasteiger partial charge in [-0.15, -0.1) is 0 Å². The molecule has 0 N–H and O–H groups in total. The molecule has 0 saturated carbocycles. The van der Waals surface area contributed by atoms with Crippen LogP contribution in [0, 0.1) is 0 Å². The van der Waals surface area contributed by atoms with E-state index in [2.05, 4.69) is 115 Å². The van der Waals surface area contributed by atoms with Crippen LogP contribution in [-0.4, -0.2) is 0 Å². The zero-order chi connectivity index (χ0) is 25.0. The number of hydrogen-bond acceptors (Lipinski definition) is 0. The summed E-state index contributed by atoms with van der Waals surface area (Å²) in [7, 11) is 14.7. The van der Waals surface area contributed by atoms with E-state index in [0.29, 0.717) is 0 Å². The Morgan fingerprint density at radius 2 is 1.08 bits per heavy atom. The van der Waals surface area contributed by atoms with Crippen molar-refractivity contribution in [2.75, 3.05) is 0 Å². The molecule has 3 heteroatoms. The number of hydrogen-bond donors (Lipinski definition) is 0. The van der Waals surface area contributed by atoms with Crippen molar-refractivity contribution in [2.24, 2.45) is 0 Å². The standard InChI is InChI=1S/C34H25.2ClH.Zr/c1-2-10-23(11-3-1)32(31-19-9-18-30-28-16-7-5-13-25(28)22-34(30)31)21-26-14-8-17-29-27-15-6-4-12-24(27)20-33(26)29;;;/h1-19H,20-22H2;2*1H;/q;;;+2/p-2. The van der Waals surface area contributed by atoms with Gasteiger partial charge in [0.2, 0.25) is 0 Å². The molecule has 7 rings (SSSR count). The second kappa shape index (κ2) is 9.39. The zero-order valence-corrected chi connectivity index (χ0v) is 24.3. The number of rotatable bonds is 5. The van der Waals surface area contributed by atoms with E-state index < -0.39 is 22.5 Å². The Labute approximate surface area is 233 Å². The molecule has 1 atom stereocenters. The first kappa shape index (κ1) is 23.7. The number of fused-ring (bicyclic) bond motifs is 6. The van der Waals surface area contributed by atoms with Crippen molar-refractivity contribution in [1.82, 2.24) is 0 Å². The summed E-state index contributed by atoms with van der Waals surface area (Å²) in [5.41, 5.74) is 14.9. The van der Waals surface area contributed by atoms with Crippen LogP contribution in [0.2, 0.25) is 0 Å². The maximum absolute atomic E-state index is 7.33. The summed E-state index contributed by atoms with van der Waals surface area (Å²) in [6.07, 6.45) is 2.72. The van der Waals surface area contributed by atoms with Crippen LogP contribution in [-0.2, 0) is 41.7 Å². The van der Waals surface area contributed by atoms with Crippen molar-refractivity contribution in [1.29, 1.82) is 0 Å². The third-order valence-electron chi connectivity index (χ3n) is 8.30. The van der Waals surface area contributed by atoms with Crippen LogP contribution in [0.4, 0.5) is 0 Å². The van der Waals surface area contributed by atoms with Crippen LogP contribution in [0.5, 0.6) is 0 Å². The van der Waals surface area contributed by atoms with Crippen molar-refractivity contribution in [2.45, 2.75) is 22.4 Å². The molecule has 0 bridgehead atoms. The van der Waals surface area contributed by atoms with Gasteiger partial charge in [0.15, 0.2) is 0 Å². The number of halogens is 2. The van der Waals surface area contributed by atoms with Gasteiger partial charge < -0.3 is 0 Å². The summed E-state index contributed by atoms with van der Waals surface area (Å²) < 4.78 is -0.399. The second-order valence-corrected chi connectivity index (χ2v) is 19.1. The van der Waals surface area contributed by atoms with Crippen molar-refractivity contribution in [3.8, 4) is 22.3 Å². The molecule has 2 aliphatic carbocycles. The molecule has 179 valence electrons. The van der Waals surface area contributed by atoms with Crippen molar-refractivity contribution in [3.05, 3.63) is 154 Å². The Balaban J connectivity index is 1.45. The molecule has 5 aromatic rings. The predicted octanol–water partition coefficient (Wildman–Crippen LogP) is 9.24. The SMILES string of the molecule is [Cl][Zr]([Cl])[C](Cc1cccc2c1Cc1ccccc1-2)(c1ccccc1)c1cccc2c1Cc1ccccc1-2. The normalized spacial score (nSPS) is 14.3. The van der Waals surface area contributed by atoms with Gasteiger partial charge in [0, 0.05) is 0 Å². The first-order valence-corrected chi connectivity index (χ1v) is 20.4. The molecule has 0 aromatic heterocycles. The first-order valence-electron chi connectivity index (χ1n) is 12.8. The summed E-state index contributed by atoms with van der Waals surface area (Å²) >= 11 is -3.04. The Morgan fingerprint density at radius 1 is 0.541 bits per heavy atom. The van der Waals surface area contributed by atoms with Crippen LogP contribution in [0.1, 0.15) is 38.9 Å². The van der Waals surface area contributed by atoms with Gasteiger partial charge in [0.25, 0.3) is 0 Å². The molecule has 2 aliphatic rings. The van der Waals surface area contributed by atoms with Gasteiger partial charge in [-0.25, -0.2) is 0 Å². The van der Waals surface area contributed by atoms with Gasteiger partial charge in [-0.05, 0) is 0 Å². The second-order valence-electron chi connectivity index (χ2n) is 10.2. The van der Waals surface area contributed by atoms with Gasteiger partial charge >= 0.3 is 235 Å². The van der Waals surface area contributed by atoms with Gasteiger partial charge in [0.1, 0.15) is 0 Å². The van der Waals surface area contributed by atoms with Crippen LogP contribution in [0.25, 0.3) is 22.3 Å². The molecule has 0 spiro atoms. The molecule has 0 amide bonds. The van der Waals surface area contributed by atoms with Gasteiger partial charge in [-0.1, -0.05) is 0 Å². The molecule has 0 fully saturated rings. The molecular weight excluding hydrogens is 571 g/mol. The zero-order valence-electron chi connectivity index (χ0n) is 20.3. The molecule has 0 saturated heterocycles. The fourth-order valence-electron chi connectivity index (χ4n) is 6.59. The number of benzene rings is 5. The Hall–Kier alpha value is -2.44. The molecule has 0 radical (unpaired) electrons. The van der Waals surface area contributed by atoms with E-state index in [-0.39, 0.29) is 0 Å². The average Bonchev–Trinajstić information content (AvgIpc) is 3.51. The van der Waals surface area contributed by atoms with Crippen LogP contribution in [0.15, 0.2) is 115 Å². The molecule has 37 heavy (non-hydrogen) atoms. The third kappa shape index (κ3) is 3.74. The monoisotopic (exact) mass is 593 g/mol. The topological polar surface area (TPSA) is 0 Å². The summed E-state index contributed by atoms with van der Waals surface area (Å²) in [6.45, 7) is 0. The van der Waals surface area contributed by atoms with Crippen LogP contribution < -0.4 is 0 Å². The fraction of sp³-hybridized carbons (Fsp3) is 0.118. The van der Waals surface area contributed by atoms with Crippen LogP contribution >= 0.6 is 17.0 Å². The van der Waals surface area contributed by atoms with E-state index in [1.807, 2.05) is 0 Å². The van der Waals surface area contributed by atoms with E-state index in [1.54, 1.807) is 0 Å². The first-order chi connectivity index (χ1) is 18.2. The van der Waals surface area contributed by atoms with Crippen molar-refractivity contribution < 1.29 is 19.4 Å². The summed E-state index contributed by atoms with van der Waals surface area (Å²) in [5, 5.41) is 0. The molecule has 0 nitrogen and oxygen atoms in total. The van der Waals surface area contributed by atoms with Crippen molar-refractivity contribution >= 4 is 17.0 Å². The molecular formula is C34H25Cl2Zr. The fourth-order valence-corrected chi connectivity index (χ4v) is 12.7. The average molecular weight is 596 g/mol. The molecule has 5 aromatic carbocycles. The van der Waals surface area contributed by atoms with E-state index in [0.717, 1.165) is 19.3 Å². The minimum atomic E-state index is -3.04. The Bertz CT molecular complexity index is 1640. The van der Waals surface area contributed by atoms with Crippen LogP contribution in [0.3, 0.4) is 0 Å². The van der Waals surface area contributed by atoms with Gasteiger partial charge in [-0.2, -0.15) is 0 Å². The molecule has 1 unspecified atom stereocenters. The summed E-state index contributed by atoms with van der Waals surface area (Å²) in [5.74, 6) is 0. The van der Waals surface area contributed by atoms with E-state index in [4.69, 9.17) is 17.0 Å². The third-order valence-corrected chi connectivity index (χ3v) is 15.5. The van der Waals surface area contributed by atoms with E-state index in [1.165, 1.54) is 61.2 Å². The van der Waals surface area contributed by atoms with Gasteiger partial charge in [0.05, 0.1) is 0 Å². The van der Waals surface area contributed by atoms with E-state index in [9.17, 15) is 0 Å². The summed E-state index contributed by atoms with van der Waals surface area (Å²) in [4.78, 5) is 0. The molecule has 0 heterocycles.